The van der Waals surface area contributed by atoms with Gasteiger partial charge in [-0.1, -0.05) is 0 Å². The molecule has 0 spiro atoms. The molecule has 1 N–H and O–H groups in total. The van der Waals surface area contributed by atoms with Gasteiger partial charge < -0.3 is 15.0 Å². The Balaban J connectivity index is 1.63. The summed E-state index contributed by atoms with van der Waals surface area (Å²) in [4.78, 5) is 2.28. The molecule has 5 heteroatoms. The molecule has 5 nitrogen and oxygen atoms in total. The number of nitrogens with one attached hydrogen (secondary N) is 1. The van der Waals surface area contributed by atoms with E-state index in [2.05, 4.69) is 46.4 Å². The maximum absolute atomic E-state index is 5.64. The zero-order valence-corrected chi connectivity index (χ0v) is 11.7. The lowest BCUT2D eigenvalue weighted by Gasteiger charge is -2.37. The summed E-state index contributed by atoms with van der Waals surface area (Å²) >= 11 is 0. The largest absolute Gasteiger partial charge is 0.375 e. The molecular weight excluding hydrogens is 240 g/mol. The highest BCUT2D eigenvalue weighted by Crippen LogP contribution is 2.20. The molecule has 0 radical (unpaired) electrons. The molecule has 1 aliphatic heterocycles. The smallest absolute Gasteiger partial charge is 0.151 e. The second-order valence-corrected chi connectivity index (χ2v) is 5.68. The molecule has 1 saturated carbocycles. The molecule has 0 aromatic carbocycles. The van der Waals surface area contributed by atoms with E-state index in [1.165, 1.54) is 12.8 Å². The average Bonchev–Trinajstić information content (AvgIpc) is 3.24. The van der Waals surface area contributed by atoms with Crippen molar-refractivity contribution >= 4 is 5.82 Å². The standard InChI is InChI=1S/C14H22N4O/c1-10-9-19-11(2)8-18(10)14-6-5-13(16-17-14)7-15-12-3-4-12/h5-6,10-12,15H,3-4,7-9H2,1-2H3. The Morgan fingerprint density at radius 3 is 2.84 bits per heavy atom. The summed E-state index contributed by atoms with van der Waals surface area (Å²) in [5, 5.41) is 12.1. The molecular formula is C14H22N4O. The van der Waals surface area contributed by atoms with Crippen molar-refractivity contribution in [1.29, 1.82) is 0 Å². The number of ether oxygens (including phenoxy) is 1. The van der Waals surface area contributed by atoms with Gasteiger partial charge in [-0.25, -0.2) is 0 Å². The Labute approximate surface area is 114 Å². The fourth-order valence-corrected chi connectivity index (χ4v) is 2.36. The molecule has 3 rings (SSSR count). The third kappa shape index (κ3) is 3.22. The fraction of sp³-hybridized carbons (Fsp3) is 0.714. The average molecular weight is 262 g/mol. The zero-order chi connectivity index (χ0) is 13.2. The van der Waals surface area contributed by atoms with Crippen molar-refractivity contribution in [2.45, 2.75) is 51.4 Å². The second kappa shape index (κ2) is 5.43. The van der Waals surface area contributed by atoms with E-state index in [0.29, 0.717) is 12.1 Å². The third-order valence-electron chi connectivity index (χ3n) is 3.76. The minimum atomic E-state index is 0.259. The van der Waals surface area contributed by atoms with Crippen LogP contribution in [0.25, 0.3) is 0 Å². The number of anilines is 1. The molecule has 104 valence electrons. The summed E-state index contributed by atoms with van der Waals surface area (Å²) < 4.78 is 5.64. The number of rotatable bonds is 4. The monoisotopic (exact) mass is 262 g/mol. The molecule has 1 aliphatic carbocycles. The van der Waals surface area contributed by atoms with Crippen LogP contribution in [0, 0.1) is 0 Å². The highest BCUT2D eigenvalue weighted by molar-refractivity contribution is 5.39. The molecule has 2 heterocycles. The van der Waals surface area contributed by atoms with E-state index in [1.807, 2.05) is 0 Å². The SMILES string of the molecule is CC1CN(c2ccc(CNC3CC3)nn2)C(C)CO1. The van der Waals surface area contributed by atoms with Gasteiger partial charge in [-0.2, -0.15) is 5.10 Å². The van der Waals surface area contributed by atoms with Gasteiger partial charge in [0.25, 0.3) is 0 Å². The molecule has 19 heavy (non-hydrogen) atoms. The number of aromatic nitrogens is 2. The van der Waals surface area contributed by atoms with Gasteiger partial charge >= 0.3 is 0 Å². The van der Waals surface area contributed by atoms with E-state index >= 15 is 0 Å². The van der Waals surface area contributed by atoms with Crippen LogP contribution in [0.5, 0.6) is 0 Å². The Bertz CT molecular complexity index is 418. The predicted octanol–water partition coefficient (Wildman–Crippen LogP) is 1.34. The summed E-state index contributed by atoms with van der Waals surface area (Å²) in [5.41, 5.74) is 1.02. The lowest BCUT2D eigenvalue weighted by Crippen LogP contribution is -2.47. The van der Waals surface area contributed by atoms with Crippen molar-refractivity contribution in [1.82, 2.24) is 15.5 Å². The summed E-state index contributed by atoms with van der Waals surface area (Å²) in [6.07, 6.45) is 2.86. The molecule has 1 aromatic heterocycles. The van der Waals surface area contributed by atoms with Crippen molar-refractivity contribution in [3.63, 3.8) is 0 Å². The topological polar surface area (TPSA) is 50.3 Å². The Hall–Kier alpha value is -1.20. The number of nitrogens with zero attached hydrogens (tertiary/aromatic N) is 3. The predicted molar refractivity (Wildman–Crippen MR) is 74.1 cm³/mol. The highest BCUT2D eigenvalue weighted by Gasteiger charge is 2.25. The zero-order valence-electron chi connectivity index (χ0n) is 11.7. The first kappa shape index (κ1) is 12.8. The maximum Gasteiger partial charge on any atom is 0.151 e. The van der Waals surface area contributed by atoms with Crippen LogP contribution in [-0.2, 0) is 11.3 Å². The van der Waals surface area contributed by atoms with Crippen molar-refractivity contribution in [2.24, 2.45) is 0 Å². The summed E-state index contributed by atoms with van der Waals surface area (Å²) in [6.45, 7) is 6.73. The van der Waals surface area contributed by atoms with Crippen LogP contribution in [-0.4, -0.2) is 41.5 Å². The fourth-order valence-electron chi connectivity index (χ4n) is 2.36. The third-order valence-corrected chi connectivity index (χ3v) is 3.76. The quantitative estimate of drug-likeness (QED) is 0.887. The molecule has 2 atom stereocenters. The van der Waals surface area contributed by atoms with Crippen molar-refractivity contribution in [2.75, 3.05) is 18.1 Å². The van der Waals surface area contributed by atoms with Gasteiger partial charge in [-0.3, -0.25) is 0 Å². The maximum atomic E-state index is 5.64. The van der Waals surface area contributed by atoms with Gasteiger partial charge in [0.1, 0.15) is 0 Å². The van der Waals surface area contributed by atoms with Gasteiger partial charge in [0.15, 0.2) is 5.82 Å². The van der Waals surface area contributed by atoms with Gasteiger partial charge in [0.2, 0.25) is 0 Å². The Morgan fingerprint density at radius 1 is 1.32 bits per heavy atom. The van der Waals surface area contributed by atoms with E-state index in [9.17, 15) is 0 Å². The van der Waals surface area contributed by atoms with E-state index in [1.54, 1.807) is 0 Å². The number of morpholine rings is 1. The van der Waals surface area contributed by atoms with Gasteiger partial charge in [-0.05, 0) is 38.8 Å². The molecule has 1 saturated heterocycles. The first-order valence-corrected chi connectivity index (χ1v) is 7.16. The van der Waals surface area contributed by atoms with Crippen LogP contribution >= 0.6 is 0 Å². The van der Waals surface area contributed by atoms with E-state index in [0.717, 1.165) is 31.2 Å². The molecule has 2 unspecified atom stereocenters. The molecule has 1 aromatic rings. The molecule has 2 fully saturated rings. The van der Waals surface area contributed by atoms with Crippen LogP contribution in [0.15, 0.2) is 12.1 Å². The highest BCUT2D eigenvalue weighted by atomic mass is 16.5. The lowest BCUT2D eigenvalue weighted by molar-refractivity contribution is 0.0340. The summed E-state index contributed by atoms with van der Waals surface area (Å²) in [7, 11) is 0. The van der Waals surface area contributed by atoms with Gasteiger partial charge in [0, 0.05) is 19.1 Å². The lowest BCUT2D eigenvalue weighted by atomic mass is 10.2. The minimum absolute atomic E-state index is 0.259. The second-order valence-electron chi connectivity index (χ2n) is 5.68. The van der Waals surface area contributed by atoms with Crippen molar-refractivity contribution in [3.05, 3.63) is 17.8 Å². The van der Waals surface area contributed by atoms with Crippen LogP contribution in [0.3, 0.4) is 0 Å². The Morgan fingerprint density at radius 2 is 2.16 bits per heavy atom. The van der Waals surface area contributed by atoms with Crippen LogP contribution in [0.4, 0.5) is 5.82 Å². The molecule has 0 amide bonds. The van der Waals surface area contributed by atoms with E-state index in [-0.39, 0.29) is 6.10 Å². The number of hydrogen-bond donors (Lipinski definition) is 1. The van der Waals surface area contributed by atoms with Gasteiger partial charge in [0.05, 0.1) is 24.4 Å². The van der Waals surface area contributed by atoms with E-state index < -0.39 is 0 Å². The van der Waals surface area contributed by atoms with Crippen molar-refractivity contribution in [3.8, 4) is 0 Å². The normalized spacial score (nSPS) is 27.6. The molecule has 0 bridgehead atoms. The first-order chi connectivity index (χ1) is 9.22. The summed E-state index contributed by atoms with van der Waals surface area (Å²) in [5.74, 6) is 0.956. The van der Waals surface area contributed by atoms with E-state index in [4.69, 9.17) is 4.74 Å². The Kier molecular flexibility index (Phi) is 3.66. The van der Waals surface area contributed by atoms with Crippen molar-refractivity contribution < 1.29 is 4.74 Å². The van der Waals surface area contributed by atoms with Crippen LogP contribution in [0.1, 0.15) is 32.4 Å². The van der Waals surface area contributed by atoms with Crippen LogP contribution in [0.2, 0.25) is 0 Å². The number of hydrogen-bond acceptors (Lipinski definition) is 5. The van der Waals surface area contributed by atoms with Crippen LogP contribution < -0.4 is 10.2 Å². The summed E-state index contributed by atoms with van der Waals surface area (Å²) in [6, 6.07) is 5.22. The minimum Gasteiger partial charge on any atom is -0.375 e. The van der Waals surface area contributed by atoms with Gasteiger partial charge in [-0.15, -0.1) is 5.10 Å². The first-order valence-electron chi connectivity index (χ1n) is 7.16. The molecule has 2 aliphatic rings.